The van der Waals surface area contributed by atoms with Gasteiger partial charge in [-0.25, -0.2) is 11.5 Å². The minimum absolute atomic E-state index is 0. The van der Waals surface area contributed by atoms with Crippen molar-refractivity contribution in [2.24, 2.45) is 0 Å². The molecule has 8 aromatic rings. The number of rotatable bonds is 4. The number of furan rings is 1. The molecule has 1 atom stereocenters. The van der Waals surface area contributed by atoms with Crippen LogP contribution in [0, 0.1) is 25.6 Å². The number of hydrogen-bond acceptors (Lipinski definition) is 4. The molecule has 3 aromatic heterocycles. The number of anilines is 2. The van der Waals surface area contributed by atoms with E-state index in [0.29, 0.717) is 11.4 Å². The molecule has 0 fully saturated rings. The number of hydrogen-bond donors (Lipinski definition) is 0. The molecule has 4 nitrogen and oxygen atoms in total. The summed E-state index contributed by atoms with van der Waals surface area (Å²) in [6.45, 7) is 1.07. The molecule has 0 saturated carbocycles. The summed E-state index contributed by atoms with van der Waals surface area (Å²) in [6.07, 6.45) is 1.80. The van der Waals surface area contributed by atoms with Gasteiger partial charge in [0, 0.05) is 37.0 Å². The molecular weight excluding hydrogens is 767 g/mol. The van der Waals surface area contributed by atoms with Crippen molar-refractivity contribution in [3.63, 3.8) is 0 Å². The Labute approximate surface area is 296 Å². The second-order valence-corrected chi connectivity index (χ2v) is 11.3. The van der Waals surface area contributed by atoms with E-state index in [9.17, 15) is 0 Å². The molecule has 0 N–H and O–H groups in total. The SMILES string of the molecule is [2H]C([2H])c1ccc2c(n1)oc1c(C3[CH-]N(c4ccccc4)c4ccccc43)[c-]ccc12.[Ir+3].[c-]1ccc(-c2ccccc2)cc1-c1ccccn1. The van der Waals surface area contributed by atoms with E-state index in [4.69, 9.17) is 7.16 Å². The zero-order chi connectivity index (χ0) is 33.2. The first-order valence-electron chi connectivity index (χ1n) is 16.6. The van der Waals surface area contributed by atoms with Crippen molar-refractivity contribution in [1.82, 2.24) is 9.97 Å². The molecule has 0 spiro atoms. The first-order valence-corrected chi connectivity index (χ1v) is 15.5. The van der Waals surface area contributed by atoms with Gasteiger partial charge in [0.1, 0.15) is 0 Å². The van der Waals surface area contributed by atoms with Crippen molar-refractivity contribution in [3.8, 4) is 22.4 Å². The third kappa shape index (κ3) is 6.06. The predicted octanol–water partition coefficient (Wildman–Crippen LogP) is 10.7. The summed E-state index contributed by atoms with van der Waals surface area (Å²) >= 11 is 0. The Morgan fingerprint density at radius 1 is 0.750 bits per heavy atom. The largest absolute Gasteiger partial charge is 3.00 e. The van der Waals surface area contributed by atoms with E-state index in [1.54, 1.807) is 12.3 Å². The van der Waals surface area contributed by atoms with Crippen molar-refractivity contribution in [2.75, 3.05) is 4.90 Å². The molecule has 5 aromatic carbocycles. The van der Waals surface area contributed by atoms with Crippen molar-refractivity contribution >= 4 is 33.4 Å². The van der Waals surface area contributed by atoms with Gasteiger partial charge in [0.15, 0.2) is 0 Å². The molecule has 0 amide bonds. The number of pyridine rings is 2. The Morgan fingerprint density at radius 3 is 2.33 bits per heavy atom. The van der Waals surface area contributed by atoms with Gasteiger partial charge in [-0.1, -0.05) is 84.2 Å². The third-order valence-electron chi connectivity index (χ3n) is 8.37. The molecule has 48 heavy (non-hydrogen) atoms. The molecule has 0 saturated heterocycles. The monoisotopic (exact) mass is 799 g/mol. The average molecular weight is 799 g/mol. The molecule has 4 heterocycles. The quantitative estimate of drug-likeness (QED) is 0.166. The maximum Gasteiger partial charge on any atom is 3.00 e. The summed E-state index contributed by atoms with van der Waals surface area (Å²) in [5.41, 5.74) is 10.4. The normalized spacial score (nSPS) is 14.1. The van der Waals surface area contributed by atoms with Crippen LogP contribution in [-0.2, 0) is 20.1 Å². The van der Waals surface area contributed by atoms with Gasteiger partial charge in [-0.2, -0.15) is 18.2 Å². The second-order valence-electron chi connectivity index (χ2n) is 11.3. The third-order valence-corrected chi connectivity index (χ3v) is 8.37. The van der Waals surface area contributed by atoms with Gasteiger partial charge < -0.3 is 14.3 Å². The van der Waals surface area contributed by atoms with E-state index >= 15 is 0 Å². The van der Waals surface area contributed by atoms with Crippen LogP contribution in [0.2, 0.25) is 0 Å². The Kier molecular flexibility index (Phi) is 8.28. The minimum atomic E-state index is -1.14. The average Bonchev–Trinajstić information content (AvgIpc) is 3.75. The zero-order valence-electron chi connectivity index (χ0n) is 27.7. The van der Waals surface area contributed by atoms with E-state index in [-0.39, 0.29) is 26.0 Å². The standard InChI is InChI=1S/C26H18N2O.C17H12N.Ir/c1-17-14-15-22-20-11-7-12-21(25(20)29-26(22)27-17)23-16-28(18-8-3-2-4-9-18)24-13-6-5-10-19(23)24;1-2-7-14(8-3-1)15-9-6-10-16(13-15)17-11-4-5-12-18-17;/h2-11,13-16,23H,1H3;1-9,11-13H;/q-2;-1;+3/i1D2;;. The Hall–Kier alpha value is -5.35. The van der Waals surface area contributed by atoms with Crippen molar-refractivity contribution in [1.29, 1.82) is 0 Å². The molecule has 0 radical (unpaired) electrons. The molecule has 1 aliphatic heterocycles. The van der Waals surface area contributed by atoms with Gasteiger partial charge in [-0.3, -0.25) is 0 Å². The van der Waals surface area contributed by atoms with E-state index in [2.05, 4.69) is 94.2 Å². The summed E-state index contributed by atoms with van der Waals surface area (Å²) < 4.78 is 21.5. The van der Waals surface area contributed by atoms with Crippen LogP contribution >= 0.6 is 0 Å². The first kappa shape index (κ1) is 28.8. The Bertz CT molecular complexity index is 2310. The van der Waals surface area contributed by atoms with Crippen LogP contribution in [0.25, 0.3) is 44.5 Å². The van der Waals surface area contributed by atoms with Gasteiger partial charge in [-0.15, -0.1) is 46.9 Å². The molecule has 1 aliphatic rings. The summed E-state index contributed by atoms with van der Waals surface area (Å²) in [5, 5.41) is 1.86. The Morgan fingerprint density at radius 2 is 1.52 bits per heavy atom. The van der Waals surface area contributed by atoms with Gasteiger partial charge >= 0.3 is 20.1 Å². The van der Waals surface area contributed by atoms with E-state index in [1.807, 2.05) is 78.9 Å². The van der Waals surface area contributed by atoms with Gasteiger partial charge in [0.2, 0.25) is 5.71 Å². The van der Waals surface area contributed by atoms with Crippen LogP contribution in [0.1, 0.15) is 25.5 Å². The van der Waals surface area contributed by atoms with Crippen molar-refractivity contribution in [2.45, 2.75) is 12.8 Å². The van der Waals surface area contributed by atoms with Crippen molar-refractivity contribution < 1.29 is 27.3 Å². The smallest absolute Gasteiger partial charge is 0.501 e. The molecule has 0 aliphatic carbocycles. The first-order chi connectivity index (χ1) is 24.1. The summed E-state index contributed by atoms with van der Waals surface area (Å²) in [6, 6.07) is 55.3. The van der Waals surface area contributed by atoms with Crippen LogP contribution in [0.5, 0.6) is 0 Å². The van der Waals surface area contributed by atoms with E-state index in [0.717, 1.165) is 44.6 Å². The predicted molar refractivity (Wildman–Crippen MR) is 190 cm³/mol. The van der Waals surface area contributed by atoms with E-state index in [1.165, 1.54) is 16.7 Å². The molecule has 9 rings (SSSR count). The van der Waals surface area contributed by atoms with Crippen LogP contribution in [0.4, 0.5) is 11.4 Å². The number of aromatic nitrogens is 2. The van der Waals surface area contributed by atoms with Crippen LogP contribution < -0.4 is 4.90 Å². The Balaban J connectivity index is 0.000000176. The van der Waals surface area contributed by atoms with Gasteiger partial charge in [-0.05, 0) is 60.1 Å². The summed E-state index contributed by atoms with van der Waals surface area (Å²) in [5.74, 6) is -0.0137. The molecule has 232 valence electrons. The van der Waals surface area contributed by atoms with Crippen LogP contribution in [0.15, 0.2) is 156 Å². The van der Waals surface area contributed by atoms with Gasteiger partial charge in [0.25, 0.3) is 0 Å². The topological polar surface area (TPSA) is 42.2 Å². The van der Waals surface area contributed by atoms with E-state index < -0.39 is 6.88 Å². The number of aryl methyl sites for hydroxylation is 1. The minimum Gasteiger partial charge on any atom is -0.501 e. The molecule has 1 unspecified atom stereocenters. The number of fused-ring (bicyclic) bond motifs is 4. The fourth-order valence-corrected chi connectivity index (χ4v) is 6.16. The fraction of sp³-hybridized carbons (Fsp3) is 0.0465. The fourth-order valence-electron chi connectivity index (χ4n) is 6.16. The summed E-state index contributed by atoms with van der Waals surface area (Å²) in [4.78, 5) is 11.0. The molecule has 0 bridgehead atoms. The molecular formula is C43H30IrN3O. The zero-order valence-corrected chi connectivity index (χ0v) is 28.1. The number of nitrogens with zero attached hydrogens (tertiary/aromatic N) is 3. The summed E-state index contributed by atoms with van der Waals surface area (Å²) in [7, 11) is 0. The van der Waals surface area contributed by atoms with Crippen molar-refractivity contribution in [3.05, 3.63) is 187 Å². The maximum atomic E-state index is 7.64. The molecule has 5 heteroatoms. The second kappa shape index (κ2) is 13.8. The number of benzene rings is 5. The maximum absolute atomic E-state index is 7.64. The van der Waals surface area contributed by atoms with Gasteiger partial charge in [0.05, 0.1) is 0 Å². The van der Waals surface area contributed by atoms with Crippen LogP contribution in [0.3, 0.4) is 0 Å². The van der Waals surface area contributed by atoms with Crippen LogP contribution in [-0.4, -0.2) is 9.97 Å². The number of para-hydroxylation sites is 2.